The molecule has 1 aliphatic rings. The zero-order valence-electron chi connectivity index (χ0n) is 6.83. The van der Waals surface area contributed by atoms with E-state index in [0.717, 1.165) is 0 Å². The van der Waals surface area contributed by atoms with Crippen molar-refractivity contribution in [1.29, 1.82) is 0 Å². The average molecular weight is 134 g/mol. The summed E-state index contributed by atoms with van der Waals surface area (Å²) in [5.41, 5.74) is 0.210. The zero-order chi connectivity index (χ0) is 7.61. The Morgan fingerprint density at radius 2 is 1.90 bits per heavy atom. The molecule has 0 aromatic heterocycles. The second kappa shape index (κ2) is 2.53. The van der Waals surface area contributed by atoms with Crippen molar-refractivity contribution >= 4 is 7.41 Å². The molecule has 0 bridgehead atoms. The molecule has 10 heavy (non-hydrogen) atoms. The Kier molecular flexibility index (Phi) is 1.88. The molecule has 0 aliphatic carbocycles. The van der Waals surface area contributed by atoms with Crippen LogP contribution in [-0.4, -0.2) is 17.8 Å². The Morgan fingerprint density at radius 3 is 2.20 bits per heavy atom. The first-order valence-corrected chi connectivity index (χ1v) is 3.57. The number of hydrogen-bond donors (Lipinski definition) is 0. The molecule has 0 saturated heterocycles. The standard InChI is InChI=1S/C8H13BN/c1-8(2,3)10-7-5-4-6-9-10/h4-7H,1-3H3. The molecule has 0 saturated carbocycles. The van der Waals surface area contributed by atoms with Crippen molar-refractivity contribution < 1.29 is 0 Å². The summed E-state index contributed by atoms with van der Waals surface area (Å²) in [6.45, 7) is 6.56. The SMILES string of the molecule is CC(C)(C)N1[B]C=CC=C1. The van der Waals surface area contributed by atoms with Crippen molar-refractivity contribution in [2.75, 3.05) is 0 Å². The topological polar surface area (TPSA) is 3.24 Å². The molecule has 2 heteroatoms. The van der Waals surface area contributed by atoms with Crippen LogP contribution in [0.25, 0.3) is 0 Å². The normalized spacial score (nSPS) is 17.3. The minimum Gasteiger partial charge on any atom is -0.416 e. The van der Waals surface area contributed by atoms with E-state index in [9.17, 15) is 0 Å². The molecule has 1 radical (unpaired) electrons. The molecule has 1 heterocycles. The van der Waals surface area contributed by atoms with Crippen molar-refractivity contribution in [1.82, 2.24) is 4.81 Å². The van der Waals surface area contributed by atoms with Crippen LogP contribution in [0.4, 0.5) is 0 Å². The predicted molar refractivity (Wildman–Crippen MR) is 45.6 cm³/mol. The number of hydrogen-bond acceptors (Lipinski definition) is 1. The molecule has 1 aliphatic heterocycles. The highest BCUT2D eigenvalue weighted by Crippen LogP contribution is 2.13. The van der Waals surface area contributed by atoms with Crippen LogP contribution < -0.4 is 0 Å². The molecule has 0 unspecified atom stereocenters. The van der Waals surface area contributed by atoms with E-state index in [1.807, 2.05) is 18.1 Å². The lowest BCUT2D eigenvalue weighted by atomic mass is 9.83. The van der Waals surface area contributed by atoms with Gasteiger partial charge in [-0.1, -0.05) is 12.1 Å². The van der Waals surface area contributed by atoms with E-state index in [1.165, 1.54) is 0 Å². The third kappa shape index (κ3) is 1.66. The van der Waals surface area contributed by atoms with Crippen LogP contribution >= 0.6 is 0 Å². The monoisotopic (exact) mass is 134 g/mol. The number of allylic oxidation sites excluding steroid dienone is 2. The smallest absolute Gasteiger partial charge is 0.277 e. The van der Waals surface area contributed by atoms with E-state index in [1.54, 1.807) is 0 Å². The number of rotatable bonds is 0. The summed E-state index contributed by atoms with van der Waals surface area (Å²) in [6, 6.07) is 0. The molecule has 0 amide bonds. The Labute approximate surface area is 63.7 Å². The second-order valence-electron chi connectivity index (χ2n) is 3.45. The molecule has 1 nitrogen and oxygen atoms in total. The summed E-state index contributed by atoms with van der Waals surface area (Å²) in [5, 5.41) is 0. The molecular formula is C8H13BN. The summed E-state index contributed by atoms with van der Waals surface area (Å²) in [6.07, 6.45) is 6.16. The van der Waals surface area contributed by atoms with Gasteiger partial charge in [0.2, 0.25) is 0 Å². The molecule has 0 fully saturated rings. The Bertz CT molecular complexity index is 165. The maximum Gasteiger partial charge on any atom is 0.277 e. The van der Waals surface area contributed by atoms with Gasteiger partial charge >= 0.3 is 0 Å². The van der Waals surface area contributed by atoms with Gasteiger partial charge in [-0.05, 0) is 33.0 Å². The zero-order valence-corrected chi connectivity index (χ0v) is 6.83. The maximum atomic E-state index is 2.19. The number of nitrogens with zero attached hydrogens (tertiary/aromatic N) is 1. The molecule has 0 aromatic rings. The first-order chi connectivity index (χ1) is 4.61. The fourth-order valence-corrected chi connectivity index (χ4v) is 0.846. The minimum atomic E-state index is 0.210. The van der Waals surface area contributed by atoms with Crippen LogP contribution in [0.15, 0.2) is 24.3 Å². The Hall–Kier alpha value is -0.655. The van der Waals surface area contributed by atoms with Crippen molar-refractivity contribution in [3.8, 4) is 0 Å². The Balaban J connectivity index is 2.60. The fraction of sp³-hybridized carbons (Fsp3) is 0.500. The Morgan fingerprint density at radius 1 is 1.20 bits per heavy atom. The van der Waals surface area contributed by atoms with E-state index in [4.69, 9.17) is 0 Å². The van der Waals surface area contributed by atoms with Crippen molar-refractivity contribution in [2.45, 2.75) is 26.3 Å². The molecule has 1 rings (SSSR count). The van der Waals surface area contributed by atoms with Gasteiger partial charge in [-0.3, -0.25) is 0 Å². The summed E-state index contributed by atoms with van der Waals surface area (Å²) < 4.78 is 0. The molecule has 0 aromatic carbocycles. The lowest BCUT2D eigenvalue weighted by Crippen LogP contribution is -2.39. The van der Waals surface area contributed by atoms with Crippen molar-refractivity contribution in [3.63, 3.8) is 0 Å². The third-order valence-electron chi connectivity index (χ3n) is 1.49. The van der Waals surface area contributed by atoms with E-state index >= 15 is 0 Å². The van der Waals surface area contributed by atoms with Gasteiger partial charge < -0.3 is 4.81 Å². The average Bonchev–Trinajstić information content (AvgIpc) is 1.88. The van der Waals surface area contributed by atoms with Gasteiger partial charge in [0.15, 0.2) is 0 Å². The predicted octanol–water partition coefficient (Wildman–Crippen LogP) is 1.75. The van der Waals surface area contributed by atoms with Gasteiger partial charge in [-0.25, -0.2) is 0 Å². The quantitative estimate of drug-likeness (QED) is 0.456. The fourth-order valence-electron chi connectivity index (χ4n) is 0.846. The molecule has 53 valence electrons. The van der Waals surface area contributed by atoms with Gasteiger partial charge in [0.25, 0.3) is 7.41 Å². The van der Waals surface area contributed by atoms with Crippen LogP contribution in [0.5, 0.6) is 0 Å². The van der Waals surface area contributed by atoms with E-state index in [0.29, 0.717) is 0 Å². The lowest BCUT2D eigenvalue weighted by molar-refractivity contribution is 0.331. The van der Waals surface area contributed by atoms with E-state index in [-0.39, 0.29) is 5.54 Å². The van der Waals surface area contributed by atoms with Crippen LogP contribution in [0.2, 0.25) is 0 Å². The molecule has 0 spiro atoms. The summed E-state index contributed by atoms with van der Waals surface area (Å²) in [4.78, 5) is 2.19. The first-order valence-electron chi connectivity index (χ1n) is 3.57. The highest BCUT2D eigenvalue weighted by Gasteiger charge is 2.17. The largest absolute Gasteiger partial charge is 0.416 e. The highest BCUT2D eigenvalue weighted by atomic mass is 15.1. The van der Waals surface area contributed by atoms with Crippen LogP contribution in [0.1, 0.15) is 20.8 Å². The highest BCUT2D eigenvalue weighted by molar-refractivity contribution is 6.39. The van der Waals surface area contributed by atoms with Crippen LogP contribution in [0, 0.1) is 0 Å². The molecule has 0 N–H and O–H groups in total. The lowest BCUT2D eigenvalue weighted by Gasteiger charge is -2.34. The third-order valence-corrected chi connectivity index (χ3v) is 1.49. The maximum absolute atomic E-state index is 2.19. The first kappa shape index (κ1) is 7.45. The van der Waals surface area contributed by atoms with Crippen LogP contribution in [-0.2, 0) is 0 Å². The van der Waals surface area contributed by atoms with Gasteiger partial charge in [0.1, 0.15) is 0 Å². The summed E-state index contributed by atoms with van der Waals surface area (Å²) in [5.74, 6) is 2.05. The van der Waals surface area contributed by atoms with Crippen molar-refractivity contribution in [3.05, 3.63) is 24.3 Å². The van der Waals surface area contributed by atoms with E-state index in [2.05, 4.69) is 39.2 Å². The van der Waals surface area contributed by atoms with Crippen LogP contribution in [0.3, 0.4) is 0 Å². The van der Waals surface area contributed by atoms with Gasteiger partial charge in [0.05, 0.1) is 0 Å². The van der Waals surface area contributed by atoms with Gasteiger partial charge in [-0.15, -0.1) is 0 Å². The molecule has 0 atom stereocenters. The summed E-state index contributed by atoms with van der Waals surface area (Å²) in [7, 11) is 2.08. The summed E-state index contributed by atoms with van der Waals surface area (Å²) >= 11 is 0. The second-order valence-corrected chi connectivity index (χ2v) is 3.45. The van der Waals surface area contributed by atoms with E-state index < -0.39 is 0 Å². The minimum absolute atomic E-state index is 0.210. The van der Waals surface area contributed by atoms with Gasteiger partial charge in [-0.2, -0.15) is 0 Å². The molecular weight excluding hydrogens is 121 g/mol. The van der Waals surface area contributed by atoms with Gasteiger partial charge in [0, 0.05) is 5.54 Å². The van der Waals surface area contributed by atoms with Crippen molar-refractivity contribution in [2.24, 2.45) is 0 Å².